The number of fused-ring (bicyclic) bond motifs is 1. The summed E-state index contributed by atoms with van der Waals surface area (Å²) in [7, 11) is 1.58. The fraction of sp³-hybridized carbons (Fsp3) is 0.385. The molecule has 1 atom stereocenters. The second kappa shape index (κ2) is 9.77. The number of carbonyl (C=O) groups excluding carboxylic acids is 3. The number of rotatable bonds is 9. The summed E-state index contributed by atoms with van der Waals surface area (Å²) in [5.74, 6) is -0.869. The number of carbonyl (C=O) groups is 3. The number of nitrogens with zero attached hydrogens (tertiary/aromatic N) is 3. The van der Waals surface area contributed by atoms with E-state index in [1.54, 1.807) is 7.11 Å². The first-order valence-corrected chi connectivity index (χ1v) is 11.5. The Balaban J connectivity index is 1.55. The van der Waals surface area contributed by atoms with Gasteiger partial charge in [-0.05, 0) is 43.5 Å². The Labute approximate surface area is 198 Å². The molecule has 0 radical (unpaired) electrons. The lowest BCUT2D eigenvalue weighted by molar-refractivity contribution is -0.141. The highest BCUT2D eigenvalue weighted by Crippen LogP contribution is 2.41. The van der Waals surface area contributed by atoms with Gasteiger partial charge in [0.15, 0.2) is 0 Å². The van der Waals surface area contributed by atoms with Gasteiger partial charge in [0.25, 0.3) is 0 Å². The third kappa shape index (κ3) is 4.46. The molecule has 8 heteroatoms. The molecule has 3 aromatic rings. The van der Waals surface area contributed by atoms with E-state index in [1.165, 1.54) is 4.90 Å². The number of hydrogen-bond donors (Lipinski definition) is 1. The van der Waals surface area contributed by atoms with E-state index >= 15 is 0 Å². The van der Waals surface area contributed by atoms with Gasteiger partial charge in [-0.1, -0.05) is 30.3 Å². The first-order valence-electron chi connectivity index (χ1n) is 11.5. The predicted octanol–water partition coefficient (Wildman–Crippen LogP) is 2.69. The zero-order valence-corrected chi connectivity index (χ0v) is 19.8. The lowest BCUT2D eigenvalue weighted by Gasteiger charge is -2.28. The van der Waals surface area contributed by atoms with E-state index in [0.717, 1.165) is 28.2 Å². The third-order valence-electron chi connectivity index (χ3n) is 6.47. The van der Waals surface area contributed by atoms with Crippen LogP contribution in [0.3, 0.4) is 0 Å². The minimum atomic E-state index is -1.21. The number of pyridine rings is 1. The van der Waals surface area contributed by atoms with Crippen molar-refractivity contribution in [3.05, 3.63) is 71.2 Å². The molecular formula is C26H30N4O4. The highest BCUT2D eigenvalue weighted by Gasteiger charge is 2.53. The summed E-state index contributed by atoms with van der Waals surface area (Å²) in [5.41, 5.74) is 2.97. The summed E-state index contributed by atoms with van der Waals surface area (Å²) >= 11 is 0. The van der Waals surface area contributed by atoms with Crippen LogP contribution in [0.4, 0.5) is 0 Å². The summed E-state index contributed by atoms with van der Waals surface area (Å²) in [6, 6.07) is 13.3. The standard InChI is InChI=1S/C26H30N4O4/c1-18-8-4-5-10-21(18)26(15-24(32)29(25(26)33)12-7-13-34-3)14-23(31)27-16-20-17-30-19(2)9-6-11-22(30)28-20/h4-6,8-11,17H,7,12-16H2,1-3H3,(H,27,31)/t26-/m1/s1. The molecule has 1 fully saturated rings. The maximum absolute atomic E-state index is 13.6. The Morgan fingerprint density at radius 3 is 2.68 bits per heavy atom. The fourth-order valence-electron chi connectivity index (χ4n) is 4.76. The molecule has 1 aliphatic rings. The highest BCUT2D eigenvalue weighted by atomic mass is 16.5. The van der Waals surface area contributed by atoms with Gasteiger partial charge in [0, 0.05) is 45.0 Å². The Kier molecular flexibility index (Phi) is 6.79. The normalized spacial score (nSPS) is 18.1. The van der Waals surface area contributed by atoms with Crippen molar-refractivity contribution in [2.45, 2.75) is 45.1 Å². The molecule has 0 unspecified atom stereocenters. The van der Waals surface area contributed by atoms with Crippen LogP contribution in [0.1, 0.15) is 41.8 Å². The maximum atomic E-state index is 13.6. The molecular weight excluding hydrogens is 432 g/mol. The Hall–Kier alpha value is -3.52. The van der Waals surface area contributed by atoms with Gasteiger partial charge < -0.3 is 14.5 Å². The van der Waals surface area contributed by atoms with Crippen molar-refractivity contribution in [1.82, 2.24) is 19.6 Å². The maximum Gasteiger partial charge on any atom is 0.240 e. The number of ether oxygens (including phenoxy) is 1. The zero-order valence-electron chi connectivity index (χ0n) is 19.8. The second-order valence-electron chi connectivity index (χ2n) is 8.85. The van der Waals surface area contributed by atoms with Crippen molar-refractivity contribution < 1.29 is 19.1 Å². The van der Waals surface area contributed by atoms with Gasteiger partial charge in [-0.15, -0.1) is 0 Å². The predicted molar refractivity (Wildman–Crippen MR) is 127 cm³/mol. The van der Waals surface area contributed by atoms with Gasteiger partial charge in [0.1, 0.15) is 5.65 Å². The van der Waals surface area contributed by atoms with E-state index in [-0.39, 0.29) is 43.7 Å². The highest BCUT2D eigenvalue weighted by molar-refractivity contribution is 6.10. The molecule has 8 nitrogen and oxygen atoms in total. The van der Waals surface area contributed by atoms with Gasteiger partial charge >= 0.3 is 0 Å². The Bertz CT molecular complexity index is 1230. The van der Waals surface area contributed by atoms with E-state index in [2.05, 4.69) is 10.3 Å². The first-order chi connectivity index (χ1) is 16.4. The Morgan fingerprint density at radius 2 is 1.94 bits per heavy atom. The van der Waals surface area contributed by atoms with Gasteiger partial charge in [-0.25, -0.2) is 4.98 Å². The number of methoxy groups -OCH3 is 1. The van der Waals surface area contributed by atoms with Crippen LogP contribution >= 0.6 is 0 Å². The Morgan fingerprint density at radius 1 is 1.15 bits per heavy atom. The molecule has 0 bridgehead atoms. The number of hydrogen-bond acceptors (Lipinski definition) is 5. The molecule has 1 aromatic carbocycles. The molecule has 2 aromatic heterocycles. The molecule has 1 N–H and O–H groups in total. The van der Waals surface area contributed by atoms with Crippen LogP contribution in [-0.4, -0.2) is 52.3 Å². The first kappa shape index (κ1) is 23.6. The van der Waals surface area contributed by atoms with E-state index < -0.39 is 5.41 Å². The van der Waals surface area contributed by atoms with Crippen LogP contribution in [-0.2, 0) is 31.1 Å². The van der Waals surface area contributed by atoms with Crippen molar-refractivity contribution in [3.8, 4) is 0 Å². The molecule has 1 saturated heterocycles. The average molecular weight is 463 g/mol. The molecule has 178 valence electrons. The fourth-order valence-corrected chi connectivity index (χ4v) is 4.76. The van der Waals surface area contributed by atoms with Crippen LogP contribution in [0.25, 0.3) is 5.65 Å². The molecule has 1 aliphatic heterocycles. The van der Waals surface area contributed by atoms with Gasteiger partial charge in [-0.3, -0.25) is 19.3 Å². The number of likely N-dealkylation sites (tertiary alicyclic amines) is 1. The van der Waals surface area contributed by atoms with Crippen molar-refractivity contribution >= 4 is 23.4 Å². The second-order valence-corrected chi connectivity index (χ2v) is 8.85. The van der Waals surface area contributed by atoms with E-state index in [9.17, 15) is 14.4 Å². The molecule has 0 spiro atoms. The lowest BCUT2D eigenvalue weighted by atomic mass is 9.74. The van der Waals surface area contributed by atoms with Crippen molar-refractivity contribution in [3.63, 3.8) is 0 Å². The topological polar surface area (TPSA) is 93.0 Å². The monoisotopic (exact) mass is 462 g/mol. The summed E-state index contributed by atoms with van der Waals surface area (Å²) < 4.78 is 7.04. The number of aromatic nitrogens is 2. The van der Waals surface area contributed by atoms with Gasteiger partial charge in [0.05, 0.1) is 17.7 Å². The number of benzene rings is 1. The largest absolute Gasteiger partial charge is 0.385 e. The van der Waals surface area contributed by atoms with Crippen LogP contribution in [0.15, 0.2) is 48.7 Å². The van der Waals surface area contributed by atoms with Gasteiger partial charge in [0.2, 0.25) is 17.7 Å². The summed E-state index contributed by atoms with van der Waals surface area (Å²) in [6.07, 6.45) is 2.32. The average Bonchev–Trinajstić information content (AvgIpc) is 3.33. The van der Waals surface area contributed by atoms with Crippen LogP contribution in [0.5, 0.6) is 0 Å². The van der Waals surface area contributed by atoms with Crippen molar-refractivity contribution in [2.75, 3.05) is 20.3 Å². The van der Waals surface area contributed by atoms with E-state index in [4.69, 9.17) is 4.74 Å². The quantitative estimate of drug-likeness (QED) is 0.390. The van der Waals surface area contributed by atoms with Crippen LogP contribution < -0.4 is 5.32 Å². The smallest absolute Gasteiger partial charge is 0.240 e. The summed E-state index contributed by atoms with van der Waals surface area (Å²) in [5, 5.41) is 2.91. The van der Waals surface area contributed by atoms with Crippen LogP contribution in [0.2, 0.25) is 0 Å². The molecule has 0 saturated carbocycles. The van der Waals surface area contributed by atoms with Crippen molar-refractivity contribution in [1.29, 1.82) is 0 Å². The van der Waals surface area contributed by atoms with E-state index in [0.29, 0.717) is 13.0 Å². The molecule has 0 aliphatic carbocycles. The minimum absolute atomic E-state index is 0.0232. The SMILES string of the molecule is COCCCN1C(=O)C[C@](CC(=O)NCc2cn3c(C)cccc3n2)(c2ccccc2C)C1=O. The molecule has 3 amide bonds. The van der Waals surface area contributed by atoms with Crippen LogP contribution in [0, 0.1) is 13.8 Å². The summed E-state index contributed by atoms with van der Waals surface area (Å²) in [6.45, 7) is 4.86. The lowest BCUT2D eigenvalue weighted by Crippen LogP contribution is -2.43. The minimum Gasteiger partial charge on any atom is -0.385 e. The third-order valence-corrected chi connectivity index (χ3v) is 6.47. The summed E-state index contributed by atoms with van der Waals surface area (Å²) in [4.78, 5) is 45.5. The number of amides is 3. The number of nitrogens with one attached hydrogen (secondary N) is 1. The van der Waals surface area contributed by atoms with E-state index in [1.807, 2.05) is 66.9 Å². The van der Waals surface area contributed by atoms with Crippen molar-refractivity contribution in [2.24, 2.45) is 0 Å². The number of aryl methyl sites for hydroxylation is 2. The molecule has 4 rings (SSSR count). The molecule has 34 heavy (non-hydrogen) atoms. The number of imidazole rings is 1. The zero-order chi connectivity index (χ0) is 24.3. The molecule has 3 heterocycles. The van der Waals surface area contributed by atoms with Gasteiger partial charge in [-0.2, -0.15) is 0 Å². The number of imide groups is 1.